The highest BCUT2D eigenvalue weighted by Crippen LogP contribution is 2.38. The third-order valence-electron chi connectivity index (χ3n) is 15.8. The van der Waals surface area contributed by atoms with Crippen LogP contribution in [0, 0.1) is 11.3 Å². The summed E-state index contributed by atoms with van der Waals surface area (Å²) < 4.78 is 46.0. The molecule has 2 atom stereocenters. The Morgan fingerprint density at radius 2 is 0.763 bits per heavy atom. The maximum atomic E-state index is 14.0. The van der Waals surface area contributed by atoms with Crippen molar-refractivity contribution in [3.63, 3.8) is 0 Å². The molecule has 0 aromatic heterocycles. The summed E-state index contributed by atoms with van der Waals surface area (Å²) in [7, 11) is 0. The maximum Gasteiger partial charge on any atom is 0.324 e. The predicted molar refractivity (Wildman–Crippen MR) is 365 cm³/mol. The quantitative estimate of drug-likeness (QED) is 0.0214. The normalized spacial score (nSPS) is 13.2. The first-order valence-corrected chi connectivity index (χ1v) is 35.3. The molecule has 0 saturated heterocycles. The summed E-state index contributed by atoms with van der Waals surface area (Å²) in [5.74, 6) is -4.15. The van der Waals surface area contributed by atoms with Crippen LogP contribution < -0.4 is 0 Å². The van der Waals surface area contributed by atoms with Crippen LogP contribution in [0.5, 0.6) is 0 Å². The van der Waals surface area contributed by atoms with Crippen molar-refractivity contribution in [3.8, 4) is 0 Å². The van der Waals surface area contributed by atoms with Crippen molar-refractivity contribution in [1.82, 2.24) is 0 Å². The molecule has 0 aliphatic carbocycles. The van der Waals surface area contributed by atoms with Gasteiger partial charge in [0.05, 0.1) is 5.60 Å². The molecule has 0 aliphatic heterocycles. The number of hydrogen-bond donors (Lipinski definition) is 1. The zero-order valence-electron chi connectivity index (χ0n) is 61.0. The first-order valence-electron chi connectivity index (χ1n) is 35.3. The monoisotopic (exact) mass is 1310 g/mol. The van der Waals surface area contributed by atoms with Crippen LogP contribution in [0.2, 0.25) is 0 Å². The lowest BCUT2D eigenvalue weighted by Gasteiger charge is -2.35. The molecule has 2 aromatic carbocycles. The molecule has 1 N–H and O–H groups in total. The molecule has 530 valence electrons. The van der Waals surface area contributed by atoms with Gasteiger partial charge in [-0.2, -0.15) is 0 Å². The van der Waals surface area contributed by atoms with E-state index in [4.69, 9.17) is 37.9 Å². The minimum Gasteiger partial charge on any atom is -0.461 e. The SMILES string of the molecule is CCCCCCCCCCC(CCCCCCCCC(=O)OCc1cccc(CCC(C)(C)OC(=O)C(CCCCCCCCC(=O)OCc2cccc(CCC(C)(C)OC(=O)CC(=O)OC(C)(C)C)c2)C(O)OC(C)(C)C)c1)(C(=O)OC(C)(C)C)C(=O)OC(C)(C)C. The molecule has 16 nitrogen and oxygen atoms in total. The number of ether oxygens (including phenoxy) is 8. The minimum atomic E-state index is -1.36. The van der Waals surface area contributed by atoms with E-state index < -0.39 is 87.5 Å². The van der Waals surface area contributed by atoms with E-state index in [2.05, 4.69) is 6.92 Å². The van der Waals surface area contributed by atoms with Gasteiger partial charge in [0.15, 0.2) is 11.7 Å². The van der Waals surface area contributed by atoms with Gasteiger partial charge in [0, 0.05) is 12.8 Å². The number of benzene rings is 2. The summed E-state index contributed by atoms with van der Waals surface area (Å²) in [6.07, 6.45) is 20.8. The van der Waals surface area contributed by atoms with Crippen LogP contribution >= 0.6 is 0 Å². The second-order valence-electron chi connectivity index (χ2n) is 31.0. The van der Waals surface area contributed by atoms with Gasteiger partial charge in [-0.1, -0.05) is 171 Å². The second-order valence-corrected chi connectivity index (χ2v) is 31.0. The molecule has 2 unspecified atom stereocenters. The van der Waals surface area contributed by atoms with Gasteiger partial charge in [-0.15, -0.1) is 0 Å². The highest BCUT2D eigenvalue weighted by atomic mass is 16.6. The first-order chi connectivity index (χ1) is 43.3. The molecule has 0 fully saturated rings. The van der Waals surface area contributed by atoms with Gasteiger partial charge >= 0.3 is 41.8 Å². The van der Waals surface area contributed by atoms with Gasteiger partial charge in [0.2, 0.25) is 0 Å². The molecule has 0 bridgehead atoms. The number of aryl methyl sites for hydroxylation is 2. The van der Waals surface area contributed by atoms with E-state index in [0.29, 0.717) is 83.5 Å². The van der Waals surface area contributed by atoms with Crippen molar-refractivity contribution in [2.75, 3.05) is 0 Å². The molecule has 2 rings (SSSR count). The van der Waals surface area contributed by atoms with Crippen LogP contribution in [0.15, 0.2) is 48.5 Å². The summed E-state index contributed by atoms with van der Waals surface area (Å²) in [5, 5.41) is 11.2. The number of aliphatic hydroxyl groups excluding tert-OH is 1. The van der Waals surface area contributed by atoms with E-state index in [1.165, 1.54) is 25.7 Å². The fourth-order valence-corrected chi connectivity index (χ4v) is 10.9. The van der Waals surface area contributed by atoms with E-state index >= 15 is 0 Å². The standard InChI is InChI=1S/C77H126O16/c1-18-19-20-21-22-26-31-36-49-77(69(84)92-73(8,9)10,70(85)93-74(11,12)13)50-37-32-27-25-30-35-46-64(79)87-57-61-43-39-41-59(54-61)48-52-76(16,17)91-68(83)62(67(82)90-72(5,6)7)44-33-28-23-24-29-34-45-63(78)86-56-60-42-38-40-58(53-60)47-51-75(14,15)89-66(81)55-65(80)88-71(2,3)4/h38-43,53-54,62,67,82H,18-37,44-52,55-57H2,1-17H3. The van der Waals surface area contributed by atoms with Crippen LogP contribution in [0.4, 0.5) is 0 Å². The fourth-order valence-electron chi connectivity index (χ4n) is 10.9. The Kier molecular flexibility index (Phi) is 37.4. The Morgan fingerprint density at radius 3 is 1.17 bits per heavy atom. The lowest BCUT2D eigenvalue weighted by Crippen LogP contribution is -2.46. The molecule has 0 amide bonds. The molecule has 0 aliphatic rings. The summed E-state index contributed by atoms with van der Waals surface area (Å²) in [6, 6.07) is 15.6. The van der Waals surface area contributed by atoms with E-state index in [9.17, 15) is 38.7 Å². The zero-order chi connectivity index (χ0) is 69.9. The Hall–Kier alpha value is -5.35. The summed E-state index contributed by atoms with van der Waals surface area (Å²) in [5.41, 5.74) is -2.14. The van der Waals surface area contributed by atoms with E-state index in [1.54, 1.807) is 34.6 Å². The topological polar surface area (TPSA) is 214 Å². The van der Waals surface area contributed by atoms with Gasteiger partial charge in [-0.3, -0.25) is 33.6 Å². The van der Waals surface area contributed by atoms with Crippen molar-refractivity contribution >= 4 is 41.8 Å². The van der Waals surface area contributed by atoms with Crippen molar-refractivity contribution < 1.29 is 76.6 Å². The largest absolute Gasteiger partial charge is 0.461 e. The van der Waals surface area contributed by atoms with Gasteiger partial charge in [-0.05, 0) is 191 Å². The van der Waals surface area contributed by atoms with Crippen molar-refractivity contribution in [1.29, 1.82) is 0 Å². The number of carbonyl (C=O) groups excluding carboxylic acids is 7. The van der Waals surface area contributed by atoms with Crippen molar-refractivity contribution in [3.05, 3.63) is 70.8 Å². The Morgan fingerprint density at radius 1 is 0.398 bits per heavy atom. The molecule has 0 heterocycles. The highest BCUT2D eigenvalue weighted by Gasteiger charge is 2.50. The van der Waals surface area contributed by atoms with Crippen LogP contribution in [0.1, 0.15) is 320 Å². The van der Waals surface area contributed by atoms with E-state index in [-0.39, 0.29) is 25.2 Å². The maximum absolute atomic E-state index is 14.0. The molecule has 0 spiro atoms. The Bertz CT molecular complexity index is 2510. The zero-order valence-corrected chi connectivity index (χ0v) is 61.0. The third kappa shape index (κ3) is 40.0. The summed E-state index contributed by atoms with van der Waals surface area (Å²) in [4.78, 5) is 91.8. The smallest absolute Gasteiger partial charge is 0.324 e. The molecule has 0 radical (unpaired) electrons. The minimum absolute atomic E-state index is 0.147. The lowest BCUT2D eigenvalue weighted by molar-refractivity contribution is -0.210. The fraction of sp³-hybridized carbons (Fsp3) is 0.753. The number of esters is 7. The average molecular weight is 1310 g/mol. The van der Waals surface area contributed by atoms with E-state index in [0.717, 1.165) is 99.3 Å². The van der Waals surface area contributed by atoms with Crippen LogP contribution in [0.25, 0.3) is 0 Å². The number of rotatable bonds is 46. The predicted octanol–water partition coefficient (Wildman–Crippen LogP) is 17.9. The van der Waals surface area contributed by atoms with Crippen molar-refractivity contribution in [2.24, 2.45) is 11.3 Å². The second kappa shape index (κ2) is 41.6. The molecular weight excluding hydrogens is 1180 g/mol. The van der Waals surface area contributed by atoms with E-state index in [1.807, 2.05) is 125 Å². The number of unbranched alkanes of at least 4 members (excludes halogenated alkanes) is 17. The first kappa shape index (κ1) is 83.7. The van der Waals surface area contributed by atoms with Crippen LogP contribution in [-0.2, 0) is 97.5 Å². The van der Waals surface area contributed by atoms with Crippen LogP contribution in [-0.4, -0.2) is 86.8 Å². The Balaban J connectivity index is 1.79. The van der Waals surface area contributed by atoms with Gasteiger partial charge in [-0.25, -0.2) is 0 Å². The molecule has 0 saturated carbocycles. The van der Waals surface area contributed by atoms with Gasteiger partial charge in [0.25, 0.3) is 0 Å². The summed E-state index contributed by atoms with van der Waals surface area (Å²) in [6.45, 7) is 31.6. The molecule has 2 aromatic rings. The van der Waals surface area contributed by atoms with Gasteiger partial charge < -0.3 is 43.0 Å². The number of carbonyl (C=O) groups is 7. The lowest BCUT2D eigenvalue weighted by atomic mass is 9.77. The molecular formula is C77H126O16. The van der Waals surface area contributed by atoms with Crippen LogP contribution in [0.3, 0.4) is 0 Å². The van der Waals surface area contributed by atoms with Crippen molar-refractivity contribution in [2.45, 2.75) is 363 Å². The average Bonchev–Trinajstić information content (AvgIpc) is 0.804. The number of hydrogen-bond acceptors (Lipinski definition) is 16. The number of aliphatic hydroxyl groups is 1. The molecule has 93 heavy (non-hydrogen) atoms. The van der Waals surface area contributed by atoms with Gasteiger partial charge in [0.1, 0.15) is 53.6 Å². The third-order valence-corrected chi connectivity index (χ3v) is 15.8. The summed E-state index contributed by atoms with van der Waals surface area (Å²) >= 11 is 0. The molecule has 16 heteroatoms. The Labute approximate surface area is 561 Å². The highest BCUT2D eigenvalue weighted by molar-refractivity contribution is 6.00.